The molecule has 0 saturated heterocycles. The first kappa shape index (κ1) is 15.4. The quantitative estimate of drug-likeness (QED) is 0.635. The van der Waals surface area contributed by atoms with Gasteiger partial charge >= 0.3 is 0 Å². The predicted octanol–water partition coefficient (Wildman–Crippen LogP) is 2.59. The van der Waals surface area contributed by atoms with Gasteiger partial charge in [0.1, 0.15) is 17.4 Å². The molecule has 1 atom stereocenters. The molecule has 0 aromatic heterocycles. The molecule has 0 saturated carbocycles. The normalized spacial score (nSPS) is 12.2. The Kier molecular flexibility index (Phi) is 5.25. The molecule has 21 heavy (non-hydrogen) atoms. The minimum atomic E-state index is -0.585. The smallest absolute Gasteiger partial charge is 0.126 e. The van der Waals surface area contributed by atoms with Gasteiger partial charge in [-0.3, -0.25) is 11.3 Å². The maximum absolute atomic E-state index is 13.2. The third kappa shape index (κ3) is 4.24. The van der Waals surface area contributed by atoms with Gasteiger partial charge < -0.3 is 4.74 Å². The number of methoxy groups -OCH3 is 1. The van der Waals surface area contributed by atoms with Crippen molar-refractivity contribution in [2.45, 2.75) is 18.9 Å². The van der Waals surface area contributed by atoms with Crippen LogP contribution in [0.3, 0.4) is 0 Å². The van der Waals surface area contributed by atoms with Crippen LogP contribution in [0.25, 0.3) is 0 Å². The van der Waals surface area contributed by atoms with Gasteiger partial charge in [0.25, 0.3) is 0 Å². The summed E-state index contributed by atoms with van der Waals surface area (Å²) >= 11 is 0. The summed E-state index contributed by atoms with van der Waals surface area (Å²) in [5, 5.41) is 0. The lowest BCUT2D eigenvalue weighted by Gasteiger charge is -2.18. The van der Waals surface area contributed by atoms with E-state index < -0.39 is 11.6 Å². The molecule has 0 aliphatic rings. The third-order valence-corrected chi connectivity index (χ3v) is 3.30. The summed E-state index contributed by atoms with van der Waals surface area (Å²) in [6.07, 6.45) is 1.02. The Balaban J connectivity index is 2.13. The predicted molar refractivity (Wildman–Crippen MR) is 77.9 cm³/mol. The molecule has 1 unspecified atom stereocenters. The lowest BCUT2D eigenvalue weighted by atomic mass is 9.98. The molecule has 2 rings (SSSR count). The first-order valence-electron chi connectivity index (χ1n) is 6.65. The van der Waals surface area contributed by atoms with Gasteiger partial charge in [0.15, 0.2) is 0 Å². The van der Waals surface area contributed by atoms with Crippen molar-refractivity contribution in [2.24, 2.45) is 5.84 Å². The lowest BCUT2D eigenvalue weighted by Crippen LogP contribution is -2.38. The van der Waals surface area contributed by atoms with Crippen molar-refractivity contribution in [3.05, 3.63) is 65.2 Å². The second-order valence-electron chi connectivity index (χ2n) is 4.86. The molecule has 3 N–H and O–H groups in total. The van der Waals surface area contributed by atoms with Gasteiger partial charge in [0.05, 0.1) is 7.11 Å². The Bertz CT molecular complexity index is 584. The summed E-state index contributed by atoms with van der Waals surface area (Å²) in [5.41, 5.74) is 4.24. The second kappa shape index (κ2) is 7.15. The highest BCUT2D eigenvalue weighted by atomic mass is 19.1. The van der Waals surface area contributed by atoms with Crippen LogP contribution >= 0.6 is 0 Å². The molecule has 0 amide bonds. The van der Waals surface area contributed by atoms with Crippen molar-refractivity contribution in [3.8, 4) is 5.75 Å². The van der Waals surface area contributed by atoms with E-state index in [9.17, 15) is 8.78 Å². The largest absolute Gasteiger partial charge is 0.496 e. The first-order chi connectivity index (χ1) is 10.1. The van der Waals surface area contributed by atoms with E-state index in [1.54, 1.807) is 7.11 Å². The molecule has 3 nitrogen and oxygen atoms in total. The molecule has 2 aromatic carbocycles. The molecule has 112 valence electrons. The van der Waals surface area contributed by atoms with Crippen LogP contribution in [0.2, 0.25) is 0 Å². The summed E-state index contributed by atoms with van der Waals surface area (Å²) in [6, 6.07) is 10.9. The third-order valence-electron chi connectivity index (χ3n) is 3.30. The Morgan fingerprint density at radius 2 is 1.76 bits per heavy atom. The number of benzene rings is 2. The van der Waals surface area contributed by atoms with Crippen LogP contribution in [0.15, 0.2) is 42.5 Å². The average molecular weight is 292 g/mol. The number of ether oxygens (including phenoxy) is 1. The number of para-hydroxylation sites is 1. The number of hydrogen-bond donors (Lipinski definition) is 2. The number of hydrazine groups is 1. The Morgan fingerprint density at radius 3 is 2.38 bits per heavy atom. The molecule has 5 heteroatoms. The van der Waals surface area contributed by atoms with Crippen LogP contribution in [0.1, 0.15) is 11.1 Å². The van der Waals surface area contributed by atoms with Gasteiger partial charge in [-0.1, -0.05) is 18.2 Å². The highest BCUT2D eigenvalue weighted by molar-refractivity contribution is 5.34. The average Bonchev–Trinajstić information content (AvgIpc) is 2.46. The van der Waals surface area contributed by atoms with Crippen molar-refractivity contribution in [1.29, 1.82) is 0 Å². The Labute approximate surface area is 122 Å². The van der Waals surface area contributed by atoms with E-state index in [4.69, 9.17) is 10.6 Å². The van der Waals surface area contributed by atoms with Crippen LogP contribution in [0.4, 0.5) is 8.78 Å². The topological polar surface area (TPSA) is 47.3 Å². The van der Waals surface area contributed by atoms with E-state index in [-0.39, 0.29) is 6.04 Å². The van der Waals surface area contributed by atoms with E-state index >= 15 is 0 Å². The fourth-order valence-corrected chi connectivity index (χ4v) is 2.34. The fourth-order valence-electron chi connectivity index (χ4n) is 2.34. The minimum Gasteiger partial charge on any atom is -0.496 e. The SMILES string of the molecule is COc1ccccc1CC(Cc1cc(F)cc(F)c1)NN. The van der Waals surface area contributed by atoms with Crippen molar-refractivity contribution < 1.29 is 13.5 Å². The summed E-state index contributed by atoms with van der Waals surface area (Å²) in [4.78, 5) is 0. The zero-order valence-electron chi connectivity index (χ0n) is 11.8. The maximum Gasteiger partial charge on any atom is 0.126 e. The van der Waals surface area contributed by atoms with E-state index in [2.05, 4.69) is 5.43 Å². The summed E-state index contributed by atoms with van der Waals surface area (Å²) in [7, 11) is 1.60. The molecule has 0 radical (unpaired) electrons. The first-order valence-corrected chi connectivity index (χ1v) is 6.65. The van der Waals surface area contributed by atoms with Crippen molar-refractivity contribution in [1.82, 2.24) is 5.43 Å². The van der Waals surface area contributed by atoms with Gasteiger partial charge in [-0.2, -0.15) is 0 Å². The van der Waals surface area contributed by atoms with Gasteiger partial charge in [0.2, 0.25) is 0 Å². The maximum atomic E-state index is 13.2. The number of hydrogen-bond acceptors (Lipinski definition) is 3. The molecular weight excluding hydrogens is 274 g/mol. The molecule has 0 aliphatic carbocycles. The Morgan fingerprint density at radius 1 is 1.10 bits per heavy atom. The molecule has 2 aromatic rings. The van der Waals surface area contributed by atoms with Gasteiger partial charge in [-0.05, 0) is 42.2 Å². The minimum absolute atomic E-state index is 0.150. The standard InChI is InChI=1S/C16H18F2N2O/c1-21-16-5-3-2-4-12(16)9-15(20-19)8-11-6-13(17)10-14(18)7-11/h2-7,10,15,20H,8-9,19H2,1H3. The van der Waals surface area contributed by atoms with Crippen LogP contribution in [0.5, 0.6) is 5.75 Å². The molecular formula is C16H18F2N2O. The number of nitrogens with one attached hydrogen (secondary N) is 1. The zero-order chi connectivity index (χ0) is 15.2. The molecule has 0 bridgehead atoms. The highest BCUT2D eigenvalue weighted by Crippen LogP contribution is 2.20. The number of rotatable bonds is 6. The molecule has 0 aliphatic heterocycles. The van der Waals surface area contributed by atoms with Crippen LogP contribution in [0, 0.1) is 11.6 Å². The van der Waals surface area contributed by atoms with E-state index in [1.165, 1.54) is 12.1 Å². The second-order valence-corrected chi connectivity index (χ2v) is 4.86. The highest BCUT2D eigenvalue weighted by Gasteiger charge is 2.13. The number of halogens is 2. The van der Waals surface area contributed by atoms with Gasteiger partial charge in [-0.15, -0.1) is 0 Å². The van der Waals surface area contributed by atoms with Crippen molar-refractivity contribution >= 4 is 0 Å². The van der Waals surface area contributed by atoms with Crippen molar-refractivity contribution in [2.75, 3.05) is 7.11 Å². The lowest BCUT2D eigenvalue weighted by molar-refractivity contribution is 0.404. The number of nitrogens with two attached hydrogens (primary N) is 1. The van der Waals surface area contributed by atoms with E-state index in [1.807, 2.05) is 24.3 Å². The van der Waals surface area contributed by atoms with Gasteiger partial charge in [0, 0.05) is 12.1 Å². The van der Waals surface area contributed by atoms with Crippen LogP contribution < -0.4 is 16.0 Å². The van der Waals surface area contributed by atoms with Gasteiger partial charge in [-0.25, -0.2) is 8.78 Å². The Hall–Kier alpha value is -1.98. The molecule has 0 fully saturated rings. The van der Waals surface area contributed by atoms with Crippen LogP contribution in [-0.4, -0.2) is 13.2 Å². The molecule has 0 heterocycles. The van der Waals surface area contributed by atoms with E-state index in [0.717, 1.165) is 17.4 Å². The summed E-state index contributed by atoms with van der Waals surface area (Å²) in [5.74, 6) is 5.15. The fraction of sp³-hybridized carbons (Fsp3) is 0.250. The van der Waals surface area contributed by atoms with E-state index in [0.29, 0.717) is 18.4 Å². The summed E-state index contributed by atoms with van der Waals surface area (Å²) in [6.45, 7) is 0. The van der Waals surface area contributed by atoms with Crippen LogP contribution in [-0.2, 0) is 12.8 Å². The van der Waals surface area contributed by atoms with Crippen molar-refractivity contribution in [3.63, 3.8) is 0 Å². The summed E-state index contributed by atoms with van der Waals surface area (Å²) < 4.78 is 31.7. The monoisotopic (exact) mass is 292 g/mol. The molecule has 0 spiro atoms. The zero-order valence-corrected chi connectivity index (χ0v) is 11.8.